The summed E-state index contributed by atoms with van der Waals surface area (Å²) in [5, 5.41) is 0.225. The molecule has 0 aliphatic carbocycles. The van der Waals surface area contributed by atoms with Gasteiger partial charge in [0.2, 0.25) is 0 Å². The van der Waals surface area contributed by atoms with Gasteiger partial charge in [0.05, 0.1) is 5.69 Å². The Morgan fingerprint density at radius 3 is 2.71 bits per heavy atom. The Morgan fingerprint density at radius 2 is 2.06 bits per heavy atom. The van der Waals surface area contributed by atoms with E-state index in [4.69, 9.17) is 11.6 Å². The molecular formula is C12H8ClFN2O. The fraction of sp³-hybridized carbons (Fsp3) is 0.0833. The van der Waals surface area contributed by atoms with E-state index in [1.54, 1.807) is 0 Å². The van der Waals surface area contributed by atoms with Crippen molar-refractivity contribution in [3.63, 3.8) is 0 Å². The molecule has 0 aliphatic heterocycles. The van der Waals surface area contributed by atoms with Crippen molar-refractivity contribution in [2.75, 3.05) is 0 Å². The molecule has 0 radical (unpaired) electrons. The van der Waals surface area contributed by atoms with E-state index in [2.05, 4.69) is 9.97 Å². The van der Waals surface area contributed by atoms with Gasteiger partial charge in [0.15, 0.2) is 5.78 Å². The second-order valence-electron chi connectivity index (χ2n) is 3.48. The molecule has 2 aromatic rings. The van der Waals surface area contributed by atoms with Crippen molar-refractivity contribution in [3.8, 4) is 11.3 Å². The minimum atomic E-state index is -0.454. The number of hydrogen-bond acceptors (Lipinski definition) is 3. The lowest BCUT2D eigenvalue weighted by Gasteiger charge is -2.04. The molecule has 1 heterocycles. The van der Waals surface area contributed by atoms with Crippen LogP contribution in [0.1, 0.15) is 17.3 Å². The van der Waals surface area contributed by atoms with Crippen LogP contribution < -0.4 is 0 Å². The summed E-state index contributed by atoms with van der Waals surface area (Å²) in [6.45, 7) is 1.42. The van der Waals surface area contributed by atoms with Gasteiger partial charge in [0, 0.05) is 17.2 Å². The lowest BCUT2D eigenvalue weighted by molar-refractivity contribution is 0.101. The zero-order valence-corrected chi connectivity index (χ0v) is 9.70. The van der Waals surface area contributed by atoms with Crippen molar-refractivity contribution in [1.82, 2.24) is 9.97 Å². The maximum atomic E-state index is 13.6. The van der Waals surface area contributed by atoms with Gasteiger partial charge in [-0.1, -0.05) is 11.6 Å². The lowest BCUT2D eigenvalue weighted by Crippen LogP contribution is -1.96. The predicted octanol–water partition coefficient (Wildman–Crippen LogP) is 3.14. The maximum Gasteiger partial charge on any atom is 0.159 e. The minimum absolute atomic E-state index is 0.133. The Bertz CT molecular complexity index is 586. The topological polar surface area (TPSA) is 42.9 Å². The third-order valence-electron chi connectivity index (χ3n) is 2.28. The molecule has 1 aromatic carbocycles. The van der Waals surface area contributed by atoms with E-state index in [1.807, 2.05) is 0 Å². The first kappa shape index (κ1) is 11.7. The SMILES string of the molecule is CC(=O)c1ccc(F)c(-c2cc(Cl)ncn2)c1. The van der Waals surface area contributed by atoms with Gasteiger partial charge in [-0.2, -0.15) is 0 Å². The van der Waals surface area contributed by atoms with Gasteiger partial charge in [-0.05, 0) is 25.1 Å². The molecule has 1 aromatic heterocycles. The highest BCUT2D eigenvalue weighted by Crippen LogP contribution is 2.23. The molecule has 0 atom stereocenters. The van der Waals surface area contributed by atoms with Crippen molar-refractivity contribution < 1.29 is 9.18 Å². The molecule has 3 nitrogen and oxygen atoms in total. The predicted molar refractivity (Wildman–Crippen MR) is 62.4 cm³/mol. The van der Waals surface area contributed by atoms with E-state index in [9.17, 15) is 9.18 Å². The molecular weight excluding hydrogens is 243 g/mol. The first-order valence-electron chi connectivity index (χ1n) is 4.86. The van der Waals surface area contributed by atoms with Gasteiger partial charge in [0.25, 0.3) is 0 Å². The minimum Gasteiger partial charge on any atom is -0.295 e. The number of carbonyl (C=O) groups excluding carboxylic acids is 1. The standard InChI is InChI=1S/C12H8ClFN2O/c1-7(17)8-2-3-10(14)9(4-8)11-5-12(13)16-6-15-11/h2-6H,1H3. The molecule has 0 fully saturated rings. The third-order valence-corrected chi connectivity index (χ3v) is 2.49. The molecule has 0 saturated heterocycles. The van der Waals surface area contributed by atoms with Gasteiger partial charge in [-0.25, -0.2) is 14.4 Å². The smallest absolute Gasteiger partial charge is 0.159 e. The van der Waals surface area contributed by atoms with E-state index in [1.165, 1.54) is 37.5 Å². The van der Waals surface area contributed by atoms with Crippen LogP contribution in [0.25, 0.3) is 11.3 Å². The normalized spacial score (nSPS) is 10.3. The van der Waals surface area contributed by atoms with E-state index in [-0.39, 0.29) is 16.5 Å². The zero-order valence-electron chi connectivity index (χ0n) is 8.95. The zero-order chi connectivity index (χ0) is 12.4. The van der Waals surface area contributed by atoms with E-state index >= 15 is 0 Å². The highest BCUT2D eigenvalue weighted by molar-refractivity contribution is 6.29. The van der Waals surface area contributed by atoms with Crippen LogP contribution in [0, 0.1) is 5.82 Å². The van der Waals surface area contributed by atoms with E-state index < -0.39 is 5.82 Å². The van der Waals surface area contributed by atoms with Gasteiger partial charge in [-0.15, -0.1) is 0 Å². The number of nitrogens with zero attached hydrogens (tertiary/aromatic N) is 2. The summed E-state index contributed by atoms with van der Waals surface area (Å²) in [4.78, 5) is 18.9. The summed E-state index contributed by atoms with van der Waals surface area (Å²) < 4.78 is 13.6. The molecule has 0 unspecified atom stereocenters. The molecule has 0 N–H and O–H groups in total. The Balaban J connectivity index is 2.58. The second kappa shape index (κ2) is 4.59. The van der Waals surface area contributed by atoms with Crippen molar-refractivity contribution in [2.45, 2.75) is 6.92 Å². The number of carbonyl (C=O) groups is 1. The van der Waals surface area contributed by atoms with Crippen LogP contribution in [0.15, 0.2) is 30.6 Å². The summed E-state index contributed by atoms with van der Waals surface area (Å²) in [7, 11) is 0. The number of ketones is 1. The Morgan fingerprint density at radius 1 is 1.29 bits per heavy atom. The Labute approximate surface area is 102 Å². The van der Waals surface area contributed by atoms with Gasteiger partial charge < -0.3 is 0 Å². The number of benzene rings is 1. The summed E-state index contributed by atoms with van der Waals surface area (Å²) >= 11 is 5.71. The average molecular weight is 251 g/mol. The van der Waals surface area contributed by atoms with Gasteiger partial charge in [0.1, 0.15) is 17.3 Å². The van der Waals surface area contributed by atoms with Crippen LogP contribution >= 0.6 is 11.6 Å². The van der Waals surface area contributed by atoms with Crippen molar-refractivity contribution in [1.29, 1.82) is 0 Å². The molecule has 0 spiro atoms. The molecule has 0 saturated carbocycles. The first-order valence-corrected chi connectivity index (χ1v) is 5.24. The number of halogens is 2. The van der Waals surface area contributed by atoms with E-state index in [0.29, 0.717) is 11.3 Å². The lowest BCUT2D eigenvalue weighted by atomic mass is 10.1. The fourth-order valence-electron chi connectivity index (χ4n) is 1.42. The van der Waals surface area contributed by atoms with Gasteiger partial charge in [-0.3, -0.25) is 4.79 Å². The third kappa shape index (κ3) is 2.47. The fourth-order valence-corrected chi connectivity index (χ4v) is 1.57. The molecule has 0 amide bonds. The summed E-state index contributed by atoms with van der Waals surface area (Å²) in [6, 6.07) is 5.58. The van der Waals surface area contributed by atoms with Crippen molar-refractivity contribution in [3.05, 3.63) is 47.1 Å². The van der Waals surface area contributed by atoms with Crippen molar-refractivity contribution in [2.24, 2.45) is 0 Å². The number of aromatic nitrogens is 2. The van der Waals surface area contributed by atoms with Crippen LogP contribution in [-0.4, -0.2) is 15.8 Å². The Hall–Kier alpha value is -1.81. The molecule has 2 rings (SSSR count). The van der Waals surface area contributed by atoms with Gasteiger partial charge >= 0.3 is 0 Å². The van der Waals surface area contributed by atoms with E-state index in [0.717, 1.165) is 0 Å². The van der Waals surface area contributed by atoms with Crippen LogP contribution in [-0.2, 0) is 0 Å². The van der Waals surface area contributed by atoms with Crippen LogP contribution in [0.5, 0.6) is 0 Å². The molecule has 0 aliphatic rings. The summed E-state index contributed by atoms with van der Waals surface area (Å²) in [6.07, 6.45) is 1.25. The molecule has 5 heteroatoms. The molecule has 86 valence electrons. The number of Topliss-reactive ketones (excluding diaryl/α,β-unsaturated/α-hetero) is 1. The average Bonchev–Trinajstić information content (AvgIpc) is 2.29. The first-order chi connectivity index (χ1) is 8.08. The monoisotopic (exact) mass is 250 g/mol. The highest BCUT2D eigenvalue weighted by Gasteiger charge is 2.10. The summed E-state index contributed by atoms with van der Waals surface area (Å²) in [5.41, 5.74) is 1.02. The highest BCUT2D eigenvalue weighted by atomic mass is 35.5. The molecule has 0 bridgehead atoms. The largest absolute Gasteiger partial charge is 0.295 e. The van der Waals surface area contributed by atoms with Crippen LogP contribution in [0.2, 0.25) is 5.15 Å². The van der Waals surface area contributed by atoms with Crippen LogP contribution in [0.4, 0.5) is 4.39 Å². The number of rotatable bonds is 2. The number of hydrogen-bond donors (Lipinski definition) is 0. The molecule has 17 heavy (non-hydrogen) atoms. The quantitative estimate of drug-likeness (QED) is 0.607. The van der Waals surface area contributed by atoms with Crippen molar-refractivity contribution >= 4 is 17.4 Å². The Kier molecular flexibility index (Phi) is 3.15. The summed E-state index contributed by atoms with van der Waals surface area (Å²) in [5.74, 6) is -0.587. The van der Waals surface area contributed by atoms with Crippen LogP contribution in [0.3, 0.4) is 0 Å². The second-order valence-corrected chi connectivity index (χ2v) is 3.86. The maximum absolute atomic E-state index is 13.6.